The molecule has 2 aromatic carbocycles. The third-order valence-electron chi connectivity index (χ3n) is 5.23. The Morgan fingerprint density at radius 2 is 1.85 bits per heavy atom. The summed E-state index contributed by atoms with van der Waals surface area (Å²) < 4.78 is 14.4. The second kappa shape index (κ2) is 8.86. The Morgan fingerprint density at radius 3 is 2.46 bits per heavy atom. The maximum absolute atomic E-state index is 14.4. The van der Waals surface area contributed by atoms with Crippen molar-refractivity contribution in [1.29, 1.82) is 0 Å². The van der Waals surface area contributed by atoms with Crippen LogP contribution in [-0.2, 0) is 6.42 Å². The number of hydrogen-bond donors (Lipinski definition) is 0. The van der Waals surface area contributed by atoms with E-state index in [2.05, 4.69) is 31.8 Å². The zero-order valence-corrected chi connectivity index (χ0v) is 15.8. The standard InChI is InChI=1S/C25H27F/c1-3-5-22-14-17-24(25(26)18-22)23-15-12-21(13-16-23)11-10-20-8-6-19(4-2)7-9-20/h8,12-19H,3-7,9H2,1-2H3. The zero-order valence-electron chi connectivity index (χ0n) is 15.8. The SMILES string of the molecule is CCCc1ccc(-c2ccc(C#CC3=CCC(CC)CC3)cc2)c(F)c1. The van der Waals surface area contributed by atoms with Crippen LogP contribution < -0.4 is 0 Å². The van der Waals surface area contributed by atoms with E-state index in [1.165, 1.54) is 18.4 Å². The van der Waals surface area contributed by atoms with Gasteiger partial charge in [0.15, 0.2) is 0 Å². The summed E-state index contributed by atoms with van der Waals surface area (Å²) in [5, 5.41) is 0. The van der Waals surface area contributed by atoms with E-state index in [0.717, 1.165) is 48.3 Å². The fraction of sp³-hybridized carbons (Fsp3) is 0.360. The fourth-order valence-corrected chi connectivity index (χ4v) is 3.50. The van der Waals surface area contributed by atoms with Gasteiger partial charge in [0, 0.05) is 11.1 Å². The predicted molar refractivity (Wildman–Crippen MR) is 108 cm³/mol. The Bertz CT molecular complexity index is 831. The number of allylic oxidation sites excluding steroid dienone is 2. The van der Waals surface area contributed by atoms with Crippen LogP contribution in [0.3, 0.4) is 0 Å². The molecule has 2 aromatic rings. The van der Waals surface area contributed by atoms with Gasteiger partial charge in [-0.3, -0.25) is 0 Å². The Labute approximate surface area is 157 Å². The van der Waals surface area contributed by atoms with Gasteiger partial charge < -0.3 is 0 Å². The molecule has 1 aliphatic carbocycles. The monoisotopic (exact) mass is 346 g/mol. The molecule has 0 saturated carbocycles. The highest BCUT2D eigenvalue weighted by Gasteiger charge is 2.11. The molecule has 3 rings (SSSR count). The van der Waals surface area contributed by atoms with Crippen LogP contribution in [-0.4, -0.2) is 0 Å². The highest BCUT2D eigenvalue weighted by molar-refractivity contribution is 5.65. The van der Waals surface area contributed by atoms with E-state index < -0.39 is 0 Å². The lowest BCUT2D eigenvalue weighted by atomic mass is 9.88. The average molecular weight is 346 g/mol. The Balaban J connectivity index is 1.72. The van der Waals surface area contributed by atoms with Crippen molar-refractivity contribution < 1.29 is 4.39 Å². The normalized spacial score (nSPS) is 16.6. The van der Waals surface area contributed by atoms with Crippen LogP contribution in [0.25, 0.3) is 11.1 Å². The molecule has 0 aliphatic heterocycles. The first-order valence-electron chi connectivity index (χ1n) is 9.79. The molecule has 1 aliphatic rings. The zero-order chi connectivity index (χ0) is 18.4. The van der Waals surface area contributed by atoms with E-state index in [0.29, 0.717) is 5.56 Å². The lowest BCUT2D eigenvalue weighted by molar-refractivity contribution is 0.460. The van der Waals surface area contributed by atoms with E-state index in [9.17, 15) is 4.39 Å². The minimum Gasteiger partial charge on any atom is -0.206 e. The quantitative estimate of drug-likeness (QED) is 0.526. The molecule has 1 unspecified atom stereocenters. The number of halogens is 1. The summed E-state index contributed by atoms with van der Waals surface area (Å²) in [7, 11) is 0. The summed E-state index contributed by atoms with van der Waals surface area (Å²) in [6.45, 7) is 4.37. The molecule has 0 nitrogen and oxygen atoms in total. The van der Waals surface area contributed by atoms with Crippen molar-refractivity contribution >= 4 is 0 Å². The third kappa shape index (κ3) is 4.64. The van der Waals surface area contributed by atoms with Gasteiger partial charge in [0.25, 0.3) is 0 Å². The molecule has 0 amide bonds. The molecule has 0 N–H and O–H groups in total. The highest BCUT2D eigenvalue weighted by atomic mass is 19.1. The molecule has 1 heteroatoms. The summed E-state index contributed by atoms with van der Waals surface area (Å²) in [4.78, 5) is 0. The van der Waals surface area contributed by atoms with Crippen LogP contribution in [0.2, 0.25) is 0 Å². The van der Waals surface area contributed by atoms with Crippen molar-refractivity contribution in [2.75, 3.05) is 0 Å². The van der Waals surface area contributed by atoms with Crippen LogP contribution in [0, 0.1) is 23.6 Å². The van der Waals surface area contributed by atoms with Crippen molar-refractivity contribution in [3.63, 3.8) is 0 Å². The number of aryl methyl sites for hydroxylation is 1. The van der Waals surface area contributed by atoms with Crippen LogP contribution >= 0.6 is 0 Å². The van der Waals surface area contributed by atoms with E-state index >= 15 is 0 Å². The van der Waals surface area contributed by atoms with Gasteiger partial charge in [0.1, 0.15) is 5.82 Å². The first-order chi connectivity index (χ1) is 12.7. The maximum Gasteiger partial charge on any atom is 0.131 e. The van der Waals surface area contributed by atoms with Gasteiger partial charge in [-0.25, -0.2) is 4.39 Å². The van der Waals surface area contributed by atoms with Crippen molar-refractivity contribution in [2.45, 2.75) is 52.4 Å². The van der Waals surface area contributed by atoms with Gasteiger partial charge in [-0.1, -0.05) is 68.9 Å². The molecule has 1 atom stereocenters. The van der Waals surface area contributed by atoms with Crippen LogP contribution in [0.4, 0.5) is 4.39 Å². The fourth-order valence-electron chi connectivity index (χ4n) is 3.50. The van der Waals surface area contributed by atoms with E-state index in [1.807, 2.05) is 36.4 Å². The molecular weight excluding hydrogens is 319 g/mol. The van der Waals surface area contributed by atoms with Crippen molar-refractivity contribution in [1.82, 2.24) is 0 Å². The van der Waals surface area contributed by atoms with Crippen LogP contribution in [0.5, 0.6) is 0 Å². The summed E-state index contributed by atoms with van der Waals surface area (Å²) >= 11 is 0. The molecule has 134 valence electrons. The summed E-state index contributed by atoms with van der Waals surface area (Å²) in [5.41, 5.74) is 4.86. The molecule has 26 heavy (non-hydrogen) atoms. The first-order valence-corrected chi connectivity index (χ1v) is 9.79. The molecule has 0 bridgehead atoms. The van der Waals surface area contributed by atoms with Crippen molar-refractivity contribution in [2.24, 2.45) is 5.92 Å². The van der Waals surface area contributed by atoms with E-state index in [4.69, 9.17) is 0 Å². The maximum atomic E-state index is 14.4. The predicted octanol–water partition coefficient (Wildman–Crippen LogP) is 6.93. The van der Waals surface area contributed by atoms with Crippen molar-refractivity contribution in [3.05, 3.63) is 71.1 Å². The molecular formula is C25H27F. The molecule has 0 aromatic heterocycles. The topological polar surface area (TPSA) is 0 Å². The number of hydrogen-bond acceptors (Lipinski definition) is 0. The lowest BCUT2D eigenvalue weighted by Crippen LogP contribution is -2.03. The van der Waals surface area contributed by atoms with Gasteiger partial charge in [-0.05, 0) is 66.5 Å². The second-order valence-corrected chi connectivity index (χ2v) is 7.17. The number of benzene rings is 2. The Kier molecular flexibility index (Phi) is 6.29. The van der Waals surface area contributed by atoms with Gasteiger partial charge >= 0.3 is 0 Å². The molecule has 0 spiro atoms. The minimum atomic E-state index is -0.146. The van der Waals surface area contributed by atoms with E-state index in [1.54, 1.807) is 6.07 Å². The Morgan fingerprint density at radius 1 is 1.04 bits per heavy atom. The van der Waals surface area contributed by atoms with Gasteiger partial charge in [0.05, 0.1) is 0 Å². The highest BCUT2D eigenvalue weighted by Crippen LogP contribution is 2.26. The minimum absolute atomic E-state index is 0.146. The Hall–Kier alpha value is -2.33. The summed E-state index contributed by atoms with van der Waals surface area (Å²) in [6, 6.07) is 13.5. The van der Waals surface area contributed by atoms with Gasteiger partial charge in [-0.15, -0.1) is 0 Å². The van der Waals surface area contributed by atoms with E-state index in [-0.39, 0.29) is 5.82 Å². The van der Waals surface area contributed by atoms with Gasteiger partial charge in [0.2, 0.25) is 0 Å². The van der Waals surface area contributed by atoms with Crippen LogP contribution in [0.15, 0.2) is 54.1 Å². The number of rotatable bonds is 4. The van der Waals surface area contributed by atoms with Crippen molar-refractivity contribution in [3.8, 4) is 23.0 Å². The molecule has 0 saturated heterocycles. The largest absolute Gasteiger partial charge is 0.206 e. The third-order valence-corrected chi connectivity index (χ3v) is 5.23. The van der Waals surface area contributed by atoms with Crippen LogP contribution in [0.1, 0.15) is 57.1 Å². The summed E-state index contributed by atoms with van der Waals surface area (Å²) in [5.74, 6) is 7.25. The molecule has 0 radical (unpaired) electrons. The smallest absolute Gasteiger partial charge is 0.131 e. The second-order valence-electron chi connectivity index (χ2n) is 7.17. The lowest BCUT2D eigenvalue weighted by Gasteiger charge is -2.17. The molecule has 0 fully saturated rings. The summed E-state index contributed by atoms with van der Waals surface area (Å²) in [6.07, 6.45) is 9.01. The average Bonchev–Trinajstić information content (AvgIpc) is 2.68. The van der Waals surface area contributed by atoms with Gasteiger partial charge in [-0.2, -0.15) is 0 Å². The first kappa shape index (κ1) is 18.5. The molecule has 0 heterocycles.